The summed E-state index contributed by atoms with van der Waals surface area (Å²) in [6, 6.07) is 16.1. The number of carbonyl (C=O) groups is 1. The number of hydrogen-bond donors (Lipinski definition) is 0. The maximum Gasteiger partial charge on any atom is 0.416 e. The van der Waals surface area contributed by atoms with E-state index in [1.807, 2.05) is 43.3 Å². The van der Waals surface area contributed by atoms with Crippen molar-refractivity contribution in [2.75, 3.05) is 11.5 Å². The monoisotopic (exact) mass is 459 g/mol. The molecule has 1 aliphatic heterocycles. The number of anilines is 1. The van der Waals surface area contributed by atoms with Crippen LogP contribution in [0.3, 0.4) is 0 Å². The van der Waals surface area contributed by atoms with Gasteiger partial charge >= 0.3 is 6.18 Å². The van der Waals surface area contributed by atoms with Crippen molar-refractivity contribution in [1.29, 1.82) is 0 Å². The Balaban J connectivity index is 1.78. The van der Waals surface area contributed by atoms with Crippen molar-refractivity contribution in [3.63, 3.8) is 0 Å². The minimum atomic E-state index is -4.51. The number of ether oxygens (including phenoxy) is 1. The van der Waals surface area contributed by atoms with Gasteiger partial charge in [-0.2, -0.15) is 13.2 Å². The van der Waals surface area contributed by atoms with Gasteiger partial charge in [-0.1, -0.05) is 60.4 Å². The van der Waals surface area contributed by atoms with Crippen molar-refractivity contribution in [1.82, 2.24) is 0 Å². The topological polar surface area (TPSA) is 29.5 Å². The SMILES string of the molecule is CCOc1ccc2ccccc2c1/C=C1\SC(=S)N(c2cccc(C(F)(F)F)c2)C1=O. The Labute approximate surface area is 186 Å². The molecule has 0 bridgehead atoms. The number of fused-ring (bicyclic) bond motifs is 1. The second-order valence-electron chi connectivity index (χ2n) is 6.70. The van der Waals surface area contributed by atoms with Crippen LogP contribution in [0.15, 0.2) is 65.6 Å². The molecule has 0 unspecified atom stereocenters. The lowest BCUT2D eigenvalue weighted by molar-refractivity contribution is -0.137. The number of halogens is 3. The molecule has 1 amide bonds. The Morgan fingerprint density at radius 2 is 1.87 bits per heavy atom. The Hall–Kier alpha value is -2.84. The minimum Gasteiger partial charge on any atom is -0.493 e. The number of nitrogens with zero attached hydrogens (tertiary/aromatic N) is 1. The van der Waals surface area contributed by atoms with Gasteiger partial charge in [-0.25, -0.2) is 0 Å². The van der Waals surface area contributed by atoms with Crippen LogP contribution in [0.25, 0.3) is 16.8 Å². The molecule has 0 aromatic heterocycles. The average Bonchev–Trinajstić information content (AvgIpc) is 3.02. The zero-order chi connectivity index (χ0) is 22.2. The van der Waals surface area contributed by atoms with E-state index >= 15 is 0 Å². The van der Waals surface area contributed by atoms with Gasteiger partial charge in [0.15, 0.2) is 4.32 Å². The van der Waals surface area contributed by atoms with Crippen LogP contribution in [0.4, 0.5) is 18.9 Å². The highest BCUT2D eigenvalue weighted by atomic mass is 32.2. The number of thiocarbonyl (C=S) groups is 1. The molecule has 3 aromatic carbocycles. The highest BCUT2D eigenvalue weighted by Gasteiger charge is 2.36. The highest BCUT2D eigenvalue weighted by Crippen LogP contribution is 2.40. The summed E-state index contributed by atoms with van der Waals surface area (Å²) in [5.41, 5.74) is -0.0242. The summed E-state index contributed by atoms with van der Waals surface area (Å²) in [6.07, 6.45) is -2.82. The van der Waals surface area contributed by atoms with E-state index in [4.69, 9.17) is 17.0 Å². The molecule has 158 valence electrons. The standard InChI is InChI=1S/C23H16F3NO2S2/c1-2-29-19-11-10-14-6-3-4-9-17(14)18(19)13-20-21(28)27(22(30)31-20)16-8-5-7-15(12-16)23(24,25)26/h3-13H,2H2,1H3/b20-13-. The maximum absolute atomic E-state index is 13.1. The first kappa shape index (κ1) is 21.4. The molecule has 0 aliphatic carbocycles. The molecule has 3 aromatic rings. The number of thioether (sulfide) groups is 1. The van der Waals surface area contributed by atoms with E-state index in [9.17, 15) is 18.0 Å². The summed E-state index contributed by atoms with van der Waals surface area (Å²) in [6.45, 7) is 2.32. The molecular weight excluding hydrogens is 443 g/mol. The maximum atomic E-state index is 13.1. The van der Waals surface area contributed by atoms with Crippen LogP contribution in [0.2, 0.25) is 0 Å². The zero-order valence-corrected chi connectivity index (χ0v) is 17.9. The molecule has 1 aliphatic rings. The van der Waals surface area contributed by atoms with E-state index in [0.29, 0.717) is 17.3 Å². The normalized spacial score (nSPS) is 15.9. The predicted octanol–water partition coefficient (Wildman–Crippen LogP) is 6.66. The number of alkyl halides is 3. The van der Waals surface area contributed by atoms with Crippen molar-refractivity contribution in [2.45, 2.75) is 13.1 Å². The first-order valence-corrected chi connectivity index (χ1v) is 10.6. The van der Waals surface area contributed by atoms with E-state index in [0.717, 1.165) is 45.1 Å². The van der Waals surface area contributed by atoms with Crippen LogP contribution in [0.1, 0.15) is 18.1 Å². The molecule has 0 N–H and O–H groups in total. The van der Waals surface area contributed by atoms with Gasteiger partial charge in [0.1, 0.15) is 5.75 Å². The summed E-state index contributed by atoms with van der Waals surface area (Å²) < 4.78 is 45.3. The van der Waals surface area contributed by atoms with E-state index < -0.39 is 17.6 Å². The predicted molar refractivity (Wildman–Crippen MR) is 122 cm³/mol. The molecule has 0 spiro atoms. The van der Waals surface area contributed by atoms with Crippen molar-refractivity contribution in [3.8, 4) is 5.75 Å². The van der Waals surface area contributed by atoms with E-state index in [1.54, 1.807) is 6.08 Å². The fourth-order valence-electron chi connectivity index (χ4n) is 3.35. The lowest BCUT2D eigenvalue weighted by Crippen LogP contribution is -2.27. The zero-order valence-electron chi connectivity index (χ0n) is 16.3. The molecule has 0 radical (unpaired) electrons. The Morgan fingerprint density at radius 1 is 1.10 bits per heavy atom. The molecule has 31 heavy (non-hydrogen) atoms. The fraction of sp³-hybridized carbons (Fsp3) is 0.130. The van der Waals surface area contributed by atoms with Crippen molar-refractivity contribution in [2.24, 2.45) is 0 Å². The van der Waals surface area contributed by atoms with Gasteiger partial charge < -0.3 is 4.74 Å². The summed E-state index contributed by atoms with van der Waals surface area (Å²) in [5, 5.41) is 1.88. The number of hydrogen-bond acceptors (Lipinski definition) is 4. The number of benzene rings is 3. The number of rotatable bonds is 4. The lowest BCUT2D eigenvalue weighted by atomic mass is 10.0. The summed E-state index contributed by atoms with van der Waals surface area (Å²) in [7, 11) is 0. The Kier molecular flexibility index (Phi) is 5.77. The molecule has 0 saturated carbocycles. The molecular formula is C23H16F3NO2S2. The fourth-order valence-corrected chi connectivity index (χ4v) is 4.63. The third-order valence-corrected chi connectivity index (χ3v) is 6.03. The molecule has 1 saturated heterocycles. The van der Waals surface area contributed by atoms with Crippen LogP contribution in [0.5, 0.6) is 5.75 Å². The van der Waals surface area contributed by atoms with Gasteiger partial charge in [-0.3, -0.25) is 9.69 Å². The third-order valence-electron chi connectivity index (χ3n) is 4.73. The summed E-state index contributed by atoms with van der Waals surface area (Å²) in [4.78, 5) is 14.6. The van der Waals surface area contributed by atoms with Gasteiger partial charge in [0.2, 0.25) is 0 Å². The van der Waals surface area contributed by atoms with Crippen LogP contribution in [-0.4, -0.2) is 16.8 Å². The van der Waals surface area contributed by atoms with Gasteiger partial charge in [0.05, 0.1) is 22.8 Å². The highest BCUT2D eigenvalue weighted by molar-refractivity contribution is 8.27. The van der Waals surface area contributed by atoms with Crippen molar-refractivity contribution in [3.05, 3.63) is 76.7 Å². The molecule has 1 heterocycles. The molecule has 1 fully saturated rings. The van der Waals surface area contributed by atoms with Crippen LogP contribution in [0, 0.1) is 0 Å². The van der Waals surface area contributed by atoms with Crippen molar-refractivity contribution >= 4 is 56.7 Å². The largest absolute Gasteiger partial charge is 0.493 e. The smallest absolute Gasteiger partial charge is 0.416 e. The second kappa shape index (κ2) is 8.36. The summed E-state index contributed by atoms with van der Waals surface area (Å²) in [5.74, 6) is 0.148. The Bertz CT molecular complexity index is 1220. The van der Waals surface area contributed by atoms with E-state index in [-0.39, 0.29) is 10.0 Å². The van der Waals surface area contributed by atoms with Gasteiger partial charge in [0.25, 0.3) is 5.91 Å². The quantitative estimate of drug-likeness (QED) is 0.322. The first-order chi connectivity index (χ1) is 14.8. The van der Waals surface area contributed by atoms with E-state index in [2.05, 4.69) is 0 Å². The number of carbonyl (C=O) groups excluding carboxylic acids is 1. The van der Waals surface area contributed by atoms with E-state index in [1.165, 1.54) is 12.1 Å². The summed E-state index contributed by atoms with van der Waals surface area (Å²) >= 11 is 6.38. The lowest BCUT2D eigenvalue weighted by Gasteiger charge is -2.16. The van der Waals surface area contributed by atoms with Crippen LogP contribution in [-0.2, 0) is 11.0 Å². The van der Waals surface area contributed by atoms with Gasteiger partial charge in [-0.05, 0) is 48.0 Å². The van der Waals surface area contributed by atoms with Gasteiger partial charge in [0, 0.05) is 5.56 Å². The average molecular weight is 460 g/mol. The Morgan fingerprint density at radius 3 is 2.61 bits per heavy atom. The van der Waals surface area contributed by atoms with Crippen LogP contribution >= 0.6 is 24.0 Å². The molecule has 0 atom stereocenters. The van der Waals surface area contributed by atoms with Crippen molar-refractivity contribution < 1.29 is 22.7 Å². The van der Waals surface area contributed by atoms with Gasteiger partial charge in [-0.15, -0.1) is 0 Å². The molecule has 8 heteroatoms. The molecule has 4 rings (SSSR count). The van der Waals surface area contributed by atoms with Crippen LogP contribution < -0.4 is 9.64 Å². The second-order valence-corrected chi connectivity index (χ2v) is 8.37. The number of amides is 1. The third kappa shape index (κ3) is 4.18. The molecule has 3 nitrogen and oxygen atoms in total. The first-order valence-electron chi connectivity index (χ1n) is 9.39. The minimum absolute atomic E-state index is 0.0867.